The van der Waals surface area contributed by atoms with Crippen LogP contribution in [-0.4, -0.2) is 31.6 Å². The quantitative estimate of drug-likeness (QED) is 0.637. The Bertz CT molecular complexity index is 781. The number of carbonyl (C=O) groups is 2. The molecule has 27 heavy (non-hydrogen) atoms. The van der Waals surface area contributed by atoms with Gasteiger partial charge in [0.1, 0.15) is 11.5 Å². The molecule has 0 aliphatic rings. The van der Waals surface area contributed by atoms with Crippen molar-refractivity contribution in [3.8, 4) is 17.2 Å². The van der Waals surface area contributed by atoms with Crippen molar-refractivity contribution >= 4 is 29.2 Å². The van der Waals surface area contributed by atoms with Crippen molar-refractivity contribution in [3.63, 3.8) is 0 Å². The number of imide groups is 1. The smallest absolute Gasteiger partial charge is 0.321 e. The Morgan fingerprint density at radius 3 is 2.41 bits per heavy atom. The molecule has 0 heterocycles. The Kier molecular flexibility index (Phi) is 7.76. The van der Waals surface area contributed by atoms with Crippen LogP contribution in [0.2, 0.25) is 5.02 Å². The highest BCUT2D eigenvalue weighted by Gasteiger charge is 2.10. The molecule has 0 bridgehead atoms. The van der Waals surface area contributed by atoms with E-state index in [1.807, 2.05) is 19.1 Å². The van der Waals surface area contributed by atoms with Crippen LogP contribution in [0.15, 0.2) is 42.5 Å². The Hall–Kier alpha value is -2.93. The van der Waals surface area contributed by atoms with Crippen LogP contribution in [0.5, 0.6) is 17.2 Å². The molecule has 2 aromatic carbocycles. The fourth-order valence-electron chi connectivity index (χ4n) is 2.18. The van der Waals surface area contributed by atoms with Gasteiger partial charge in [0.05, 0.1) is 18.8 Å². The molecule has 0 atom stereocenters. The second-order valence-corrected chi connectivity index (χ2v) is 5.84. The number of carbonyl (C=O) groups excluding carboxylic acids is 2. The SMILES string of the molecule is CCNC(=O)NC(=O)CNc1cc(Cl)ccc1Oc1ccc(OCC)cc1. The summed E-state index contributed by atoms with van der Waals surface area (Å²) in [5.74, 6) is 1.37. The molecule has 3 N–H and O–H groups in total. The molecular formula is C19H22ClN3O4. The third-order valence-electron chi connectivity index (χ3n) is 3.33. The summed E-state index contributed by atoms with van der Waals surface area (Å²) < 4.78 is 11.3. The number of nitrogens with one attached hydrogen (secondary N) is 3. The van der Waals surface area contributed by atoms with Crippen molar-refractivity contribution in [1.29, 1.82) is 0 Å². The molecule has 0 aliphatic heterocycles. The zero-order chi connectivity index (χ0) is 19.6. The lowest BCUT2D eigenvalue weighted by Gasteiger charge is -2.14. The van der Waals surface area contributed by atoms with Gasteiger partial charge in [-0.2, -0.15) is 0 Å². The lowest BCUT2D eigenvalue weighted by molar-refractivity contribution is -0.118. The minimum atomic E-state index is -0.541. The van der Waals surface area contributed by atoms with Crippen LogP contribution in [0, 0.1) is 0 Å². The number of benzene rings is 2. The first-order chi connectivity index (χ1) is 13.0. The topological polar surface area (TPSA) is 88.7 Å². The van der Waals surface area contributed by atoms with E-state index in [0.717, 1.165) is 5.75 Å². The van der Waals surface area contributed by atoms with Gasteiger partial charge in [-0.3, -0.25) is 10.1 Å². The molecule has 0 aliphatic carbocycles. The van der Waals surface area contributed by atoms with Gasteiger partial charge in [-0.25, -0.2) is 4.79 Å². The fourth-order valence-corrected chi connectivity index (χ4v) is 2.35. The van der Waals surface area contributed by atoms with Gasteiger partial charge in [0, 0.05) is 11.6 Å². The second kappa shape index (κ2) is 10.3. The summed E-state index contributed by atoms with van der Waals surface area (Å²) in [5, 5.41) is 8.11. The van der Waals surface area contributed by atoms with Crippen LogP contribution in [0.25, 0.3) is 0 Å². The van der Waals surface area contributed by atoms with Crippen LogP contribution in [0.3, 0.4) is 0 Å². The van der Waals surface area contributed by atoms with Crippen LogP contribution < -0.4 is 25.4 Å². The molecule has 0 fully saturated rings. The van der Waals surface area contributed by atoms with Gasteiger partial charge in [-0.15, -0.1) is 0 Å². The van der Waals surface area contributed by atoms with Crippen molar-refractivity contribution in [1.82, 2.24) is 10.6 Å². The third-order valence-corrected chi connectivity index (χ3v) is 3.57. The zero-order valence-corrected chi connectivity index (χ0v) is 15.9. The highest BCUT2D eigenvalue weighted by Crippen LogP contribution is 2.32. The van der Waals surface area contributed by atoms with Crippen LogP contribution in [0.1, 0.15) is 13.8 Å². The maximum Gasteiger partial charge on any atom is 0.321 e. The zero-order valence-electron chi connectivity index (χ0n) is 15.2. The van der Waals surface area contributed by atoms with Gasteiger partial charge in [0.15, 0.2) is 5.75 Å². The van der Waals surface area contributed by atoms with Crippen LogP contribution >= 0.6 is 11.6 Å². The van der Waals surface area contributed by atoms with E-state index in [9.17, 15) is 9.59 Å². The average Bonchev–Trinajstić information content (AvgIpc) is 2.64. The Morgan fingerprint density at radius 1 is 1.04 bits per heavy atom. The van der Waals surface area contributed by atoms with Crippen molar-refractivity contribution in [3.05, 3.63) is 47.5 Å². The molecule has 0 spiro atoms. The molecule has 8 heteroatoms. The van der Waals surface area contributed by atoms with E-state index >= 15 is 0 Å². The first-order valence-electron chi connectivity index (χ1n) is 8.53. The molecule has 2 rings (SSSR count). The Labute approximate surface area is 163 Å². The lowest BCUT2D eigenvalue weighted by Crippen LogP contribution is -2.41. The second-order valence-electron chi connectivity index (χ2n) is 5.41. The maximum atomic E-state index is 11.8. The summed E-state index contributed by atoms with van der Waals surface area (Å²) in [6.07, 6.45) is 0. The molecule has 0 aromatic heterocycles. The van der Waals surface area contributed by atoms with Crippen LogP contribution in [-0.2, 0) is 4.79 Å². The van der Waals surface area contributed by atoms with E-state index in [1.54, 1.807) is 37.3 Å². The average molecular weight is 392 g/mol. The number of rotatable bonds is 8. The van der Waals surface area contributed by atoms with E-state index in [-0.39, 0.29) is 6.54 Å². The van der Waals surface area contributed by atoms with Gasteiger partial charge in [-0.1, -0.05) is 11.6 Å². The molecule has 0 radical (unpaired) electrons. The largest absolute Gasteiger partial charge is 0.494 e. The molecule has 3 amide bonds. The summed E-state index contributed by atoms with van der Waals surface area (Å²) in [7, 11) is 0. The molecule has 144 valence electrons. The van der Waals surface area contributed by atoms with Crippen molar-refractivity contribution in [2.24, 2.45) is 0 Å². The molecule has 7 nitrogen and oxygen atoms in total. The number of ether oxygens (including phenoxy) is 2. The van der Waals surface area contributed by atoms with Crippen molar-refractivity contribution < 1.29 is 19.1 Å². The summed E-state index contributed by atoms with van der Waals surface area (Å²) in [6.45, 7) is 4.58. The van der Waals surface area contributed by atoms with Crippen molar-refractivity contribution in [2.75, 3.05) is 25.0 Å². The number of urea groups is 1. The molecule has 2 aromatic rings. The molecule has 0 saturated carbocycles. The highest BCUT2D eigenvalue weighted by atomic mass is 35.5. The minimum absolute atomic E-state index is 0.114. The number of amides is 3. The number of anilines is 1. The van der Waals surface area contributed by atoms with E-state index < -0.39 is 11.9 Å². The lowest BCUT2D eigenvalue weighted by atomic mass is 10.2. The highest BCUT2D eigenvalue weighted by molar-refractivity contribution is 6.31. The standard InChI is InChI=1S/C19H22ClN3O4/c1-3-21-19(25)23-18(24)12-22-16-11-13(20)5-10-17(16)27-15-8-6-14(7-9-15)26-4-2/h5-11,22H,3-4,12H2,1-2H3,(H2,21,23,24,25). The Balaban J connectivity index is 2.03. The number of hydrogen-bond donors (Lipinski definition) is 3. The monoisotopic (exact) mass is 391 g/mol. The van der Waals surface area contributed by atoms with E-state index in [2.05, 4.69) is 16.0 Å². The summed E-state index contributed by atoms with van der Waals surface area (Å²) in [4.78, 5) is 23.2. The fraction of sp³-hybridized carbons (Fsp3) is 0.263. The third kappa shape index (κ3) is 6.71. The van der Waals surface area contributed by atoms with Gasteiger partial charge >= 0.3 is 6.03 Å². The van der Waals surface area contributed by atoms with Crippen molar-refractivity contribution in [2.45, 2.75) is 13.8 Å². The summed E-state index contributed by atoms with van der Waals surface area (Å²) >= 11 is 6.04. The predicted molar refractivity (Wildman–Crippen MR) is 105 cm³/mol. The number of hydrogen-bond acceptors (Lipinski definition) is 5. The van der Waals surface area contributed by atoms with E-state index in [0.29, 0.717) is 35.4 Å². The van der Waals surface area contributed by atoms with E-state index in [4.69, 9.17) is 21.1 Å². The van der Waals surface area contributed by atoms with Gasteiger partial charge < -0.3 is 20.1 Å². The first-order valence-corrected chi connectivity index (χ1v) is 8.91. The first kappa shape index (κ1) is 20.4. The minimum Gasteiger partial charge on any atom is -0.494 e. The molecular weight excluding hydrogens is 370 g/mol. The normalized spacial score (nSPS) is 10.0. The van der Waals surface area contributed by atoms with E-state index in [1.165, 1.54) is 0 Å². The number of halogens is 1. The van der Waals surface area contributed by atoms with Crippen LogP contribution in [0.4, 0.5) is 10.5 Å². The summed E-state index contributed by atoms with van der Waals surface area (Å²) in [6, 6.07) is 11.7. The van der Waals surface area contributed by atoms with Gasteiger partial charge in [0.2, 0.25) is 5.91 Å². The Morgan fingerprint density at radius 2 is 1.74 bits per heavy atom. The molecule has 0 unspecified atom stereocenters. The van der Waals surface area contributed by atoms with Gasteiger partial charge in [0.25, 0.3) is 0 Å². The van der Waals surface area contributed by atoms with Gasteiger partial charge in [-0.05, 0) is 56.3 Å². The summed E-state index contributed by atoms with van der Waals surface area (Å²) in [5.41, 5.74) is 0.530. The maximum absolute atomic E-state index is 11.8. The molecule has 0 saturated heterocycles. The predicted octanol–water partition coefficient (Wildman–Crippen LogP) is 3.79.